The minimum absolute atomic E-state index is 0.0136. The molecule has 5 amide bonds. The third-order valence-corrected chi connectivity index (χ3v) is 13.4. The number of benzene rings is 5. The van der Waals surface area contributed by atoms with E-state index in [9.17, 15) is 46.0 Å². The van der Waals surface area contributed by atoms with Crippen molar-refractivity contribution in [3.8, 4) is 29.1 Å². The smallest absolute Gasteiger partial charge is 0.416 e. The van der Waals surface area contributed by atoms with Crippen LogP contribution >= 0.6 is 23.2 Å². The Kier molecular flexibility index (Phi) is 19.6. The monoisotopic (exact) mass is 1150 g/mol. The molecule has 0 radical (unpaired) electrons. The van der Waals surface area contributed by atoms with Crippen molar-refractivity contribution >= 4 is 58.9 Å². The molecule has 422 valence electrons. The minimum atomic E-state index is -5.09. The third-order valence-electron chi connectivity index (χ3n) is 12.9. The highest BCUT2D eigenvalue weighted by atomic mass is 35.5. The first-order valence-corrected chi connectivity index (χ1v) is 25.9. The number of amides is 5. The summed E-state index contributed by atoms with van der Waals surface area (Å²) in [6, 6.07) is 24.9. The molecule has 2 heterocycles. The normalized spacial score (nSPS) is 15.8. The molecule has 1 fully saturated rings. The van der Waals surface area contributed by atoms with Crippen LogP contribution in [0.2, 0.25) is 10.0 Å². The molecule has 2 N–H and O–H groups in total. The number of amidine groups is 1. The van der Waals surface area contributed by atoms with Crippen molar-refractivity contribution in [1.29, 1.82) is 5.26 Å². The molecule has 2 aliphatic heterocycles. The number of carbonyl (C=O) groups is 4. The number of aliphatic imine (C=N–C) groups is 1. The van der Waals surface area contributed by atoms with Gasteiger partial charge in [0.2, 0.25) is 11.8 Å². The van der Waals surface area contributed by atoms with Gasteiger partial charge < -0.3 is 39.4 Å². The van der Waals surface area contributed by atoms with Crippen LogP contribution in [0, 0.1) is 11.3 Å². The number of unbranched alkanes of at least 4 members (excludes halogenated alkanes) is 2. The lowest BCUT2D eigenvalue weighted by Crippen LogP contribution is -2.57. The molecule has 0 saturated carbocycles. The Balaban J connectivity index is 0.906. The maximum atomic E-state index is 15.1. The van der Waals surface area contributed by atoms with Gasteiger partial charge in [-0.25, -0.2) is 4.79 Å². The highest BCUT2D eigenvalue weighted by Crippen LogP contribution is 2.46. The Labute approximate surface area is 467 Å². The average molecular weight is 1150 g/mol. The first-order chi connectivity index (χ1) is 38.1. The van der Waals surface area contributed by atoms with Gasteiger partial charge in [-0.15, -0.1) is 0 Å². The zero-order valence-electron chi connectivity index (χ0n) is 43.7. The summed E-state index contributed by atoms with van der Waals surface area (Å²) in [5.41, 5.74) is -1.45. The van der Waals surface area contributed by atoms with Crippen LogP contribution in [0.15, 0.2) is 114 Å². The van der Waals surface area contributed by atoms with Gasteiger partial charge in [-0.05, 0) is 117 Å². The fourth-order valence-electron chi connectivity index (χ4n) is 8.90. The van der Waals surface area contributed by atoms with Crippen LogP contribution in [0.5, 0.6) is 23.0 Å². The number of carbonyl (C=O) groups excluding carboxylic acids is 4. The lowest BCUT2D eigenvalue weighted by atomic mass is 9.93. The fourth-order valence-corrected chi connectivity index (χ4v) is 9.15. The van der Waals surface area contributed by atoms with E-state index in [1.165, 1.54) is 48.3 Å². The number of hydrogen-bond donors (Lipinski definition) is 2. The Bertz CT molecular complexity index is 3170. The highest BCUT2D eigenvalue weighted by Gasteiger charge is 2.46. The molecule has 5 aromatic rings. The average Bonchev–Trinajstić information content (AvgIpc) is 3.92. The molecule has 15 nitrogen and oxygen atoms in total. The van der Waals surface area contributed by atoms with Gasteiger partial charge >= 0.3 is 18.4 Å². The van der Waals surface area contributed by atoms with E-state index in [-0.39, 0.29) is 68.5 Å². The third kappa shape index (κ3) is 15.0. The predicted octanol–water partition coefficient (Wildman–Crippen LogP) is 11.2. The van der Waals surface area contributed by atoms with Crippen molar-refractivity contribution < 1.29 is 64.5 Å². The first kappa shape index (κ1) is 59.7. The van der Waals surface area contributed by atoms with Gasteiger partial charge in [-0.3, -0.25) is 24.3 Å². The Morgan fingerprint density at radius 2 is 1.46 bits per heavy atom. The van der Waals surface area contributed by atoms with Gasteiger partial charge in [0.1, 0.15) is 48.2 Å². The van der Waals surface area contributed by atoms with Crippen LogP contribution in [0.1, 0.15) is 84.1 Å². The van der Waals surface area contributed by atoms with Gasteiger partial charge in [-0.2, -0.15) is 31.6 Å². The van der Waals surface area contributed by atoms with Crippen LogP contribution < -0.4 is 29.6 Å². The van der Waals surface area contributed by atoms with Crippen molar-refractivity contribution in [2.75, 3.05) is 53.5 Å². The molecule has 1 saturated heterocycles. The second-order valence-corrected chi connectivity index (χ2v) is 19.6. The SMILES string of the molecule is COc1ccc(C2=NC(c3ccc(Cl)cc3)C(c3ccc(Cl)cc3)N2C(=O)N2CCN(CC(=O)NCCCCCNC(=O)C(C#N)=Cc3ccc(OCc4ccc(C(F)(F)F)cc4C(F)(F)F)c(OC)c3)C(=O)C2)c(OC(C)C)c1. The van der Waals surface area contributed by atoms with E-state index in [2.05, 4.69) is 10.6 Å². The topological polar surface area (TPSA) is 175 Å². The molecule has 0 bridgehead atoms. The molecular weight excluding hydrogens is 1100 g/mol. The van der Waals surface area contributed by atoms with E-state index in [0.29, 0.717) is 69.9 Å². The summed E-state index contributed by atoms with van der Waals surface area (Å²) in [4.78, 5) is 64.4. The lowest BCUT2D eigenvalue weighted by molar-refractivity contribution is -0.143. The first-order valence-electron chi connectivity index (χ1n) is 25.1. The molecule has 5 aromatic carbocycles. The molecule has 80 heavy (non-hydrogen) atoms. The van der Waals surface area contributed by atoms with Crippen LogP contribution in [0.25, 0.3) is 6.08 Å². The van der Waals surface area contributed by atoms with Crippen molar-refractivity contribution in [2.45, 2.75) is 70.3 Å². The molecular formula is C57H55Cl2F6N7O8. The summed E-state index contributed by atoms with van der Waals surface area (Å²) in [6.07, 6.45) is -7.50. The highest BCUT2D eigenvalue weighted by molar-refractivity contribution is 6.30. The number of piperazine rings is 1. The maximum absolute atomic E-state index is 15.1. The number of nitrogens with zero attached hydrogens (tertiary/aromatic N) is 5. The summed E-state index contributed by atoms with van der Waals surface area (Å²) in [6.45, 7) is 3.09. The number of rotatable bonds is 20. The zero-order valence-corrected chi connectivity index (χ0v) is 45.2. The standard InChI is InChI=1S/C57H55Cl2F6N7O8/c1-34(2)80-47-29-43(77-3)19-20-44(47)53-69-51(36-10-15-41(58)16-11-36)52(37-12-17-42(59)18-13-37)72(53)55(76)71-25-24-70(50(74)32-71)31-49(73)67-22-6-5-7-23-68-54(75)39(30-66)26-35-8-21-46(48(27-35)78-4)79-33-38-9-14-40(56(60,61)62)28-45(38)57(63,64)65/h8-21,26-29,34,51-52H,5-7,22-25,31-33H2,1-4H3,(H,67,73)(H,68,75). The zero-order chi connectivity index (χ0) is 57.9. The number of ether oxygens (including phenoxy) is 4. The predicted molar refractivity (Wildman–Crippen MR) is 286 cm³/mol. The molecule has 7 rings (SSSR count). The van der Waals surface area contributed by atoms with E-state index in [1.807, 2.05) is 44.2 Å². The van der Waals surface area contributed by atoms with Crippen LogP contribution in [-0.2, 0) is 33.3 Å². The second kappa shape index (κ2) is 26.3. The lowest BCUT2D eigenvalue weighted by Gasteiger charge is -2.38. The molecule has 0 aliphatic carbocycles. The number of alkyl halides is 6. The second-order valence-electron chi connectivity index (χ2n) is 18.8. The number of halogens is 8. The summed E-state index contributed by atoms with van der Waals surface area (Å²) in [5, 5.41) is 16.2. The maximum Gasteiger partial charge on any atom is 0.416 e. The summed E-state index contributed by atoms with van der Waals surface area (Å²) in [7, 11) is 2.78. The van der Waals surface area contributed by atoms with E-state index in [1.54, 1.807) is 47.4 Å². The Morgan fingerprint density at radius 1 is 0.787 bits per heavy atom. The van der Waals surface area contributed by atoms with Crippen molar-refractivity contribution in [3.63, 3.8) is 0 Å². The quantitative estimate of drug-likeness (QED) is 0.0332. The van der Waals surface area contributed by atoms with E-state index in [0.717, 1.165) is 11.1 Å². The number of urea groups is 1. The Morgan fingerprint density at radius 3 is 2.08 bits per heavy atom. The molecule has 0 aromatic heterocycles. The van der Waals surface area contributed by atoms with Crippen LogP contribution in [-0.4, -0.2) is 104 Å². The van der Waals surface area contributed by atoms with Crippen molar-refractivity contribution in [3.05, 3.63) is 158 Å². The Hall–Kier alpha value is -7.96. The molecule has 2 aliphatic rings. The van der Waals surface area contributed by atoms with E-state index >= 15 is 4.79 Å². The van der Waals surface area contributed by atoms with Gasteiger partial charge in [-0.1, -0.05) is 59.6 Å². The fraction of sp³-hybridized carbons (Fsp3) is 0.333. The number of methoxy groups -OCH3 is 2. The van der Waals surface area contributed by atoms with Crippen LogP contribution in [0.3, 0.4) is 0 Å². The molecule has 0 spiro atoms. The number of nitrogens with one attached hydrogen (secondary N) is 2. The number of hydrogen-bond acceptors (Lipinski definition) is 10. The molecule has 2 atom stereocenters. The van der Waals surface area contributed by atoms with Crippen LogP contribution in [0.4, 0.5) is 31.1 Å². The minimum Gasteiger partial charge on any atom is -0.497 e. The largest absolute Gasteiger partial charge is 0.497 e. The van der Waals surface area contributed by atoms with E-state index < -0.39 is 71.5 Å². The van der Waals surface area contributed by atoms with Crippen molar-refractivity contribution in [1.82, 2.24) is 25.3 Å². The summed E-state index contributed by atoms with van der Waals surface area (Å²) in [5.74, 6) is -0.284. The van der Waals surface area contributed by atoms with E-state index in [4.69, 9.17) is 47.1 Å². The number of nitriles is 1. The summed E-state index contributed by atoms with van der Waals surface area (Å²) >= 11 is 12.7. The van der Waals surface area contributed by atoms with Gasteiger partial charge in [0.15, 0.2) is 11.5 Å². The van der Waals surface area contributed by atoms with Gasteiger partial charge in [0, 0.05) is 47.9 Å². The molecule has 23 heteroatoms. The summed E-state index contributed by atoms with van der Waals surface area (Å²) < 4.78 is 103. The van der Waals surface area contributed by atoms with Gasteiger partial charge in [0.05, 0.1) is 49.6 Å². The van der Waals surface area contributed by atoms with Crippen molar-refractivity contribution in [2.24, 2.45) is 4.99 Å². The van der Waals surface area contributed by atoms with Gasteiger partial charge in [0.25, 0.3) is 5.91 Å². The molecule has 2 unspecified atom stereocenters.